The Morgan fingerprint density at radius 2 is 1.78 bits per heavy atom. The van der Waals surface area contributed by atoms with Gasteiger partial charge in [-0.05, 0) is 42.5 Å². The molecule has 1 heterocycles. The van der Waals surface area contributed by atoms with E-state index in [9.17, 15) is 14.0 Å². The number of rotatable bonds is 4. The van der Waals surface area contributed by atoms with Gasteiger partial charge < -0.3 is 10.2 Å². The number of carbonyl (C=O) groups excluding carboxylic acids is 2. The molecule has 1 aliphatic heterocycles. The highest BCUT2D eigenvalue weighted by atomic mass is 19.1. The van der Waals surface area contributed by atoms with E-state index < -0.39 is 0 Å². The van der Waals surface area contributed by atoms with E-state index in [1.54, 1.807) is 29.2 Å². The molecule has 1 saturated heterocycles. The monoisotopic (exact) mass is 366 g/mol. The lowest BCUT2D eigenvalue weighted by molar-refractivity contribution is -0.117. The van der Waals surface area contributed by atoms with Crippen LogP contribution in [0.2, 0.25) is 0 Å². The van der Waals surface area contributed by atoms with Gasteiger partial charge >= 0.3 is 0 Å². The van der Waals surface area contributed by atoms with Gasteiger partial charge in [-0.1, -0.05) is 6.07 Å². The van der Waals surface area contributed by atoms with Crippen LogP contribution in [-0.4, -0.2) is 54.3 Å². The molecule has 0 aliphatic carbocycles. The Hall–Kier alpha value is -3.24. The molecular formula is C20H19FN4O2. The van der Waals surface area contributed by atoms with Crippen molar-refractivity contribution in [3.8, 4) is 6.07 Å². The summed E-state index contributed by atoms with van der Waals surface area (Å²) in [5, 5.41) is 11.7. The Balaban J connectivity index is 1.49. The van der Waals surface area contributed by atoms with Gasteiger partial charge in [0.2, 0.25) is 5.91 Å². The van der Waals surface area contributed by atoms with Gasteiger partial charge in [0.1, 0.15) is 5.82 Å². The second-order valence-corrected chi connectivity index (χ2v) is 6.32. The molecule has 7 heteroatoms. The predicted octanol–water partition coefficient (Wildman–Crippen LogP) is 2.09. The molecule has 0 bridgehead atoms. The largest absolute Gasteiger partial charge is 0.336 e. The van der Waals surface area contributed by atoms with E-state index in [0.29, 0.717) is 43.0 Å². The number of amides is 2. The van der Waals surface area contributed by atoms with Crippen molar-refractivity contribution >= 4 is 17.5 Å². The van der Waals surface area contributed by atoms with E-state index in [1.165, 1.54) is 24.3 Å². The van der Waals surface area contributed by atoms with Crippen molar-refractivity contribution < 1.29 is 14.0 Å². The number of nitriles is 1. The molecule has 0 aromatic heterocycles. The summed E-state index contributed by atoms with van der Waals surface area (Å²) >= 11 is 0. The minimum absolute atomic E-state index is 0.132. The van der Waals surface area contributed by atoms with Crippen molar-refractivity contribution in [2.45, 2.75) is 0 Å². The Bertz CT molecular complexity index is 868. The molecule has 0 atom stereocenters. The van der Waals surface area contributed by atoms with Gasteiger partial charge in [0.15, 0.2) is 0 Å². The zero-order chi connectivity index (χ0) is 19.2. The van der Waals surface area contributed by atoms with Gasteiger partial charge in [-0.3, -0.25) is 14.5 Å². The highest BCUT2D eigenvalue weighted by molar-refractivity contribution is 5.94. The second-order valence-electron chi connectivity index (χ2n) is 6.32. The number of hydrogen-bond donors (Lipinski definition) is 1. The Morgan fingerprint density at radius 1 is 1.07 bits per heavy atom. The number of halogens is 1. The third kappa shape index (κ3) is 4.90. The predicted molar refractivity (Wildman–Crippen MR) is 98.5 cm³/mol. The molecule has 3 rings (SSSR count). The lowest BCUT2D eigenvalue weighted by Gasteiger charge is -2.34. The molecule has 138 valence electrons. The highest BCUT2D eigenvalue weighted by Crippen LogP contribution is 2.12. The number of anilines is 1. The lowest BCUT2D eigenvalue weighted by Crippen LogP contribution is -2.50. The second kappa shape index (κ2) is 8.43. The van der Waals surface area contributed by atoms with Crippen LogP contribution in [-0.2, 0) is 4.79 Å². The SMILES string of the molecule is N#Cc1cccc(NC(=O)CN2CCN(C(=O)c3ccc(F)cc3)CC2)c1. The standard InChI is InChI=1S/C20H19FN4O2/c21-17-6-4-16(5-7-17)20(27)25-10-8-24(9-11-25)14-19(26)23-18-3-1-2-15(12-18)13-22/h1-7,12H,8-11,14H2,(H,23,26). The van der Waals surface area contributed by atoms with Crippen LogP contribution in [0.4, 0.5) is 10.1 Å². The van der Waals surface area contributed by atoms with Gasteiger partial charge in [0.05, 0.1) is 18.2 Å². The fourth-order valence-corrected chi connectivity index (χ4v) is 2.95. The van der Waals surface area contributed by atoms with Crippen molar-refractivity contribution in [3.05, 3.63) is 65.5 Å². The van der Waals surface area contributed by atoms with Gasteiger partial charge in [0, 0.05) is 37.4 Å². The van der Waals surface area contributed by atoms with Crippen LogP contribution >= 0.6 is 0 Å². The summed E-state index contributed by atoms with van der Waals surface area (Å²) in [6, 6.07) is 14.3. The molecule has 2 aromatic rings. The van der Waals surface area contributed by atoms with Gasteiger partial charge in [-0.25, -0.2) is 4.39 Å². The molecule has 1 fully saturated rings. The van der Waals surface area contributed by atoms with Crippen molar-refractivity contribution in [2.75, 3.05) is 38.0 Å². The minimum atomic E-state index is -0.373. The van der Waals surface area contributed by atoms with Crippen molar-refractivity contribution in [1.82, 2.24) is 9.80 Å². The minimum Gasteiger partial charge on any atom is -0.336 e. The average Bonchev–Trinajstić information content (AvgIpc) is 2.68. The van der Waals surface area contributed by atoms with Crippen LogP contribution in [0.1, 0.15) is 15.9 Å². The van der Waals surface area contributed by atoms with E-state index >= 15 is 0 Å². The van der Waals surface area contributed by atoms with Crippen LogP contribution in [0.25, 0.3) is 0 Å². The summed E-state index contributed by atoms with van der Waals surface area (Å²) in [6.07, 6.45) is 0. The maximum Gasteiger partial charge on any atom is 0.253 e. The van der Waals surface area contributed by atoms with E-state index in [0.717, 1.165) is 0 Å². The first-order chi connectivity index (χ1) is 13.0. The number of carbonyl (C=O) groups is 2. The lowest BCUT2D eigenvalue weighted by atomic mass is 10.1. The van der Waals surface area contributed by atoms with E-state index in [2.05, 4.69) is 5.32 Å². The Kier molecular flexibility index (Phi) is 5.79. The van der Waals surface area contributed by atoms with E-state index in [4.69, 9.17) is 5.26 Å². The van der Waals surface area contributed by atoms with Crippen LogP contribution in [0, 0.1) is 17.1 Å². The molecular weight excluding hydrogens is 347 g/mol. The van der Waals surface area contributed by atoms with Crippen molar-refractivity contribution in [1.29, 1.82) is 5.26 Å². The normalized spacial score (nSPS) is 14.4. The fourth-order valence-electron chi connectivity index (χ4n) is 2.95. The third-order valence-electron chi connectivity index (χ3n) is 4.39. The first kappa shape index (κ1) is 18.5. The molecule has 1 aliphatic rings. The molecule has 2 aromatic carbocycles. The van der Waals surface area contributed by atoms with Crippen LogP contribution < -0.4 is 5.32 Å². The van der Waals surface area contributed by atoms with Crippen molar-refractivity contribution in [3.63, 3.8) is 0 Å². The molecule has 0 spiro atoms. The van der Waals surface area contributed by atoms with Gasteiger partial charge in [-0.2, -0.15) is 5.26 Å². The summed E-state index contributed by atoms with van der Waals surface area (Å²) in [7, 11) is 0. The van der Waals surface area contributed by atoms with Gasteiger partial charge in [-0.15, -0.1) is 0 Å². The molecule has 1 N–H and O–H groups in total. The summed E-state index contributed by atoms with van der Waals surface area (Å²) < 4.78 is 13.0. The molecule has 27 heavy (non-hydrogen) atoms. The smallest absolute Gasteiger partial charge is 0.253 e. The van der Waals surface area contributed by atoms with Crippen LogP contribution in [0.5, 0.6) is 0 Å². The Morgan fingerprint density at radius 3 is 2.44 bits per heavy atom. The summed E-state index contributed by atoms with van der Waals surface area (Å²) in [5.41, 5.74) is 1.53. The summed E-state index contributed by atoms with van der Waals surface area (Å²) in [5.74, 6) is -0.668. The first-order valence-corrected chi connectivity index (χ1v) is 8.62. The number of hydrogen-bond acceptors (Lipinski definition) is 4. The topological polar surface area (TPSA) is 76.4 Å². The third-order valence-corrected chi connectivity index (χ3v) is 4.39. The quantitative estimate of drug-likeness (QED) is 0.899. The molecule has 0 saturated carbocycles. The van der Waals surface area contributed by atoms with Gasteiger partial charge in [0.25, 0.3) is 5.91 Å². The van der Waals surface area contributed by atoms with Crippen molar-refractivity contribution in [2.24, 2.45) is 0 Å². The number of nitrogens with zero attached hydrogens (tertiary/aromatic N) is 3. The molecule has 0 radical (unpaired) electrons. The summed E-state index contributed by atoms with van der Waals surface area (Å²) in [4.78, 5) is 28.3. The zero-order valence-electron chi connectivity index (χ0n) is 14.7. The average molecular weight is 366 g/mol. The highest BCUT2D eigenvalue weighted by Gasteiger charge is 2.23. The van der Waals surface area contributed by atoms with E-state index in [1.807, 2.05) is 11.0 Å². The molecule has 6 nitrogen and oxygen atoms in total. The maximum atomic E-state index is 13.0. The zero-order valence-corrected chi connectivity index (χ0v) is 14.7. The van der Waals surface area contributed by atoms with E-state index in [-0.39, 0.29) is 24.2 Å². The fraction of sp³-hybridized carbons (Fsp3) is 0.250. The number of benzene rings is 2. The Labute approximate surface area is 156 Å². The van der Waals surface area contributed by atoms with Crippen LogP contribution in [0.3, 0.4) is 0 Å². The molecule has 0 unspecified atom stereocenters. The molecule has 2 amide bonds. The maximum absolute atomic E-state index is 13.0. The number of piperazine rings is 1. The number of nitrogens with one attached hydrogen (secondary N) is 1. The summed E-state index contributed by atoms with van der Waals surface area (Å²) in [6.45, 7) is 2.40. The first-order valence-electron chi connectivity index (χ1n) is 8.62. The van der Waals surface area contributed by atoms with Crippen LogP contribution in [0.15, 0.2) is 48.5 Å².